The van der Waals surface area contributed by atoms with Crippen LogP contribution in [0.5, 0.6) is 5.75 Å². The van der Waals surface area contributed by atoms with Gasteiger partial charge in [0.1, 0.15) is 17.4 Å². The molecule has 2 N–H and O–H groups in total. The summed E-state index contributed by atoms with van der Waals surface area (Å²) in [5.41, 5.74) is 8.62. The van der Waals surface area contributed by atoms with E-state index in [4.69, 9.17) is 31.8 Å². The zero-order valence-electron chi connectivity index (χ0n) is 16.1. The van der Waals surface area contributed by atoms with E-state index in [2.05, 4.69) is 4.57 Å². The van der Waals surface area contributed by atoms with Gasteiger partial charge in [0.05, 0.1) is 23.1 Å². The number of carbonyl (C=O) groups is 1. The van der Waals surface area contributed by atoms with Gasteiger partial charge < -0.3 is 19.8 Å². The Morgan fingerprint density at radius 1 is 1.41 bits per heavy atom. The highest BCUT2D eigenvalue weighted by Gasteiger charge is 2.23. The smallest absolute Gasteiger partial charge is 0.250 e. The Hall–Kier alpha value is -2.35. The lowest BCUT2D eigenvalue weighted by molar-refractivity contribution is 0.0961. The van der Waals surface area contributed by atoms with E-state index in [1.54, 1.807) is 12.1 Å². The molecule has 1 aliphatic rings. The second kappa shape index (κ2) is 8.57. The summed E-state index contributed by atoms with van der Waals surface area (Å²) in [7, 11) is 0. The maximum atomic E-state index is 11.9. The molecule has 3 aromatic rings. The normalized spacial score (nSPS) is 16.3. The minimum absolute atomic E-state index is 0.145. The van der Waals surface area contributed by atoms with E-state index >= 15 is 0 Å². The Kier molecular flexibility index (Phi) is 5.89. The lowest BCUT2D eigenvalue weighted by Gasteiger charge is -2.15. The van der Waals surface area contributed by atoms with Gasteiger partial charge in [0, 0.05) is 29.2 Å². The fourth-order valence-electron chi connectivity index (χ4n) is 3.50. The van der Waals surface area contributed by atoms with Crippen molar-refractivity contribution in [3.8, 4) is 17.1 Å². The van der Waals surface area contributed by atoms with Crippen molar-refractivity contribution in [2.24, 2.45) is 5.73 Å². The van der Waals surface area contributed by atoms with Crippen molar-refractivity contribution >= 4 is 28.8 Å². The van der Waals surface area contributed by atoms with Crippen LogP contribution >= 0.6 is 22.9 Å². The topological polar surface area (TPSA) is 79.4 Å². The summed E-state index contributed by atoms with van der Waals surface area (Å²) in [4.78, 5) is 16.6. The summed E-state index contributed by atoms with van der Waals surface area (Å²) in [6.45, 7) is 3.74. The molecule has 8 heteroatoms. The number of halogens is 1. The highest BCUT2D eigenvalue weighted by Crippen LogP contribution is 2.29. The van der Waals surface area contributed by atoms with E-state index in [1.807, 2.05) is 30.5 Å². The molecule has 6 nitrogen and oxygen atoms in total. The average molecular weight is 432 g/mol. The summed E-state index contributed by atoms with van der Waals surface area (Å²) >= 11 is 7.42. The molecule has 1 fully saturated rings. The first kappa shape index (κ1) is 19.9. The standard InChI is InChI=1S/C21H22ClN3O3S/c1-13-17(21(23)26)9-19(25(13)10-16-3-2-8-27-16)18-12-29-20(24-18)11-28-15-6-4-14(22)5-7-15/h4-7,9,12,16H,2-3,8,10-11H2,1H3,(H2,23,26). The number of aromatic nitrogens is 2. The van der Waals surface area contributed by atoms with Gasteiger partial charge in [-0.1, -0.05) is 11.6 Å². The third-order valence-electron chi connectivity index (χ3n) is 5.03. The van der Waals surface area contributed by atoms with E-state index in [0.717, 1.165) is 47.3 Å². The Labute approximate surface area is 178 Å². The van der Waals surface area contributed by atoms with Crippen LogP contribution in [0.1, 0.15) is 33.9 Å². The Bertz CT molecular complexity index is 1010. The van der Waals surface area contributed by atoms with Crippen molar-refractivity contribution in [3.63, 3.8) is 0 Å². The molecule has 1 aromatic carbocycles. The largest absolute Gasteiger partial charge is 0.486 e. The molecular weight excluding hydrogens is 410 g/mol. The SMILES string of the molecule is Cc1c(C(N)=O)cc(-c2csc(COc3ccc(Cl)cc3)n2)n1CC1CCCO1. The van der Waals surface area contributed by atoms with E-state index in [1.165, 1.54) is 11.3 Å². The second-order valence-electron chi connectivity index (χ2n) is 7.01. The van der Waals surface area contributed by atoms with Crippen LogP contribution in [0.2, 0.25) is 5.02 Å². The van der Waals surface area contributed by atoms with E-state index in [9.17, 15) is 4.79 Å². The summed E-state index contributed by atoms with van der Waals surface area (Å²) in [5, 5.41) is 3.49. The first-order valence-electron chi connectivity index (χ1n) is 9.46. The number of benzene rings is 1. The van der Waals surface area contributed by atoms with Gasteiger partial charge in [-0.05, 0) is 50.1 Å². The molecule has 0 radical (unpaired) electrons. The Balaban J connectivity index is 1.56. The molecule has 29 heavy (non-hydrogen) atoms. The zero-order valence-corrected chi connectivity index (χ0v) is 17.6. The minimum atomic E-state index is -0.434. The molecule has 0 saturated carbocycles. The second-order valence-corrected chi connectivity index (χ2v) is 8.39. The first-order valence-corrected chi connectivity index (χ1v) is 10.7. The van der Waals surface area contributed by atoms with Crippen molar-refractivity contribution in [1.29, 1.82) is 0 Å². The summed E-state index contributed by atoms with van der Waals surface area (Å²) in [6, 6.07) is 9.05. The Morgan fingerprint density at radius 3 is 2.90 bits per heavy atom. The molecule has 1 amide bonds. The lowest BCUT2D eigenvalue weighted by atomic mass is 10.2. The van der Waals surface area contributed by atoms with Gasteiger partial charge in [0.15, 0.2) is 0 Å². The van der Waals surface area contributed by atoms with E-state index in [0.29, 0.717) is 23.7 Å². The van der Waals surface area contributed by atoms with Gasteiger partial charge in [-0.15, -0.1) is 11.3 Å². The van der Waals surface area contributed by atoms with Crippen LogP contribution in [-0.2, 0) is 17.9 Å². The van der Waals surface area contributed by atoms with E-state index < -0.39 is 5.91 Å². The molecule has 1 atom stereocenters. The average Bonchev–Trinajstić information content (AvgIpc) is 3.43. The van der Waals surface area contributed by atoms with Crippen LogP contribution in [0, 0.1) is 6.92 Å². The number of hydrogen-bond donors (Lipinski definition) is 1. The molecule has 1 saturated heterocycles. The number of ether oxygens (including phenoxy) is 2. The number of rotatable bonds is 7. The van der Waals surface area contributed by atoms with Crippen LogP contribution in [0.3, 0.4) is 0 Å². The van der Waals surface area contributed by atoms with Gasteiger partial charge >= 0.3 is 0 Å². The van der Waals surface area contributed by atoms with Gasteiger partial charge in [-0.2, -0.15) is 0 Å². The van der Waals surface area contributed by atoms with Crippen LogP contribution in [0.4, 0.5) is 0 Å². The predicted molar refractivity (Wildman–Crippen MR) is 114 cm³/mol. The van der Waals surface area contributed by atoms with Crippen molar-refractivity contribution in [2.75, 3.05) is 6.61 Å². The van der Waals surface area contributed by atoms with Crippen molar-refractivity contribution in [2.45, 2.75) is 39.0 Å². The number of carbonyl (C=O) groups excluding carboxylic acids is 1. The van der Waals surface area contributed by atoms with Gasteiger partial charge in [-0.3, -0.25) is 4.79 Å². The van der Waals surface area contributed by atoms with Gasteiger partial charge in [-0.25, -0.2) is 4.98 Å². The molecule has 152 valence electrons. The fourth-order valence-corrected chi connectivity index (χ4v) is 4.33. The van der Waals surface area contributed by atoms with Gasteiger partial charge in [0.2, 0.25) is 0 Å². The zero-order chi connectivity index (χ0) is 20.4. The van der Waals surface area contributed by atoms with Crippen molar-refractivity contribution < 1.29 is 14.3 Å². The minimum Gasteiger partial charge on any atom is -0.486 e. The Morgan fingerprint density at radius 2 is 2.21 bits per heavy atom. The highest BCUT2D eigenvalue weighted by atomic mass is 35.5. The first-order chi connectivity index (χ1) is 14.0. The number of thiazole rings is 1. The molecular formula is C21H22ClN3O3S. The molecule has 1 aliphatic heterocycles. The monoisotopic (exact) mass is 431 g/mol. The van der Waals surface area contributed by atoms with Crippen molar-refractivity contribution in [1.82, 2.24) is 9.55 Å². The van der Waals surface area contributed by atoms with Crippen LogP contribution < -0.4 is 10.5 Å². The molecule has 1 unspecified atom stereocenters. The highest BCUT2D eigenvalue weighted by molar-refractivity contribution is 7.09. The van der Waals surface area contributed by atoms with Crippen LogP contribution in [-0.4, -0.2) is 28.2 Å². The number of nitrogens with zero attached hydrogens (tertiary/aromatic N) is 2. The molecule has 0 bridgehead atoms. The molecule has 0 spiro atoms. The number of amides is 1. The fraction of sp³-hybridized carbons (Fsp3) is 0.333. The van der Waals surface area contributed by atoms with Gasteiger partial charge in [0.25, 0.3) is 5.91 Å². The number of nitrogens with two attached hydrogens (primary N) is 1. The maximum absolute atomic E-state index is 11.9. The maximum Gasteiger partial charge on any atom is 0.250 e. The molecule has 2 aromatic heterocycles. The quantitative estimate of drug-likeness (QED) is 0.600. The summed E-state index contributed by atoms with van der Waals surface area (Å²) in [6.07, 6.45) is 2.22. The van der Waals surface area contributed by atoms with E-state index in [-0.39, 0.29) is 6.10 Å². The molecule has 3 heterocycles. The summed E-state index contributed by atoms with van der Waals surface area (Å²) < 4.78 is 13.7. The van der Waals surface area contributed by atoms with Crippen LogP contribution in [0.25, 0.3) is 11.4 Å². The summed E-state index contributed by atoms with van der Waals surface area (Å²) in [5.74, 6) is 0.302. The predicted octanol–water partition coefficient (Wildman–Crippen LogP) is 4.43. The third kappa shape index (κ3) is 4.47. The van der Waals surface area contributed by atoms with Crippen molar-refractivity contribution in [3.05, 3.63) is 57.0 Å². The lowest BCUT2D eigenvalue weighted by Crippen LogP contribution is -2.18. The molecule has 0 aliphatic carbocycles. The number of primary amides is 1. The molecule has 4 rings (SSSR count). The van der Waals surface area contributed by atoms with Crippen LogP contribution in [0.15, 0.2) is 35.7 Å². The third-order valence-corrected chi connectivity index (χ3v) is 6.11. The number of hydrogen-bond acceptors (Lipinski definition) is 5.